The molecule has 0 N–H and O–H groups in total. The number of fused-ring (bicyclic) bond motifs is 1. The average Bonchev–Trinajstić information content (AvgIpc) is 3.27. The van der Waals surface area contributed by atoms with Crippen molar-refractivity contribution in [3.8, 4) is 11.3 Å². The molecule has 8 heteroatoms. The van der Waals surface area contributed by atoms with Gasteiger partial charge < -0.3 is 4.42 Å². The van der Waals surface area contributed by atoms with Crippen molar-refractivity contribution < 1.29 is 4.42 Å². The van der Waals surface area contributed by atoms with Crippen molar-refractivity contribution in [2.45, 2.75) is 10.9 Å². The van der Waals surface area contributed by atoms with Gasteiger partial charge in [0.25, 0.3) is 5.56 Å². The maximum Gasteiger partial charge on any atom is 0.262 e. The van der Waals surface area contributed by atoms with E-state index in [1.807, 2.05) is 29.6 Å². The Morgan fingerprint density at radius 2 is 2.08 bits per heavy atom. The van der Waals surface area contributed by atoms with Gasteiger partial charge >= 0.3 is 0 Å². The van der Waals surface area contributed by atoms with Crippen LogP contribution in [0.15, 0.2) is 56.3 Å². The third kappa shape index (κ3) is 3.22. The van der Waals surface area contributed by atoms with Crippen LogP contribution in [0.5, 0.6) is 0 Å². The number of oxazole rings is 1. The maximum atomic E-state index is 12.3. The van der Waals surface area contributed by atoms with Crippen LogP contribution in [0.2, 0.25) is 5.02 Å². The summed E-state index contributed by atoms with van der Waals surface area (Å²) in [7, 11) is 1.73. The lowest BCUT2D eigenvalue weighted by molar-refractivity contribution is 0.529. The number of benzene rings is 1. The zero-order valence-electron chi connectivity index (χ0n) is 13.1. The fourth-order valence-corrected chi connectivity index (χ4v) is 4.12. The zero-order valence-corrected chi connectivity index (χ0v) is 15.5. The van der Waals surface area contributed by atoms with Crippen molar-refractivity contribution in [3.63, 3.8) is 0 Å². The van der Waals surface area contributed by atoms with Crippen LogP contribution < -0.4 is 5.56 Å². The summed E-state index contributed by atoms with van der Waals surface area (Å²) in [6.45, 7) is 0. The predicted octanol–water partition coefficient (Wildman–Crippen LogP) is 4.60. The van der Waals surface area contributed by atoms with Gasteiger partial charge in [-0.15, -0.1) is 11.3 Å². The van der Waals surface area contributed by atoms with E-state index in [1.54, 1.807) is 23.9 Å². The summed E-state index contributed by atoms with van der Waals surface area (Å²) in [6, 6.07) is 9.19. The van der Waals surface area contributed by atoms with E-state index >= 15 is 0 Å². The quantitative estimate of drug-likeness (QED) is 0.377. The summed E-state index contributed by atoms with van der Waals surface area (Å²) in [5.41, 5.74) is 0.877. The SMILES string of the molecule is Cn1c(SCc2ncc(-c3ccc(Cl)cc3)o2)nc2sccc2c1=O. The van der Waals surface area contributed by atoms with E-state index < -0.39 is 0 Å². The van der Waals surface area contributed by atoms with Gasteiger partial charge in [-0.1, -0.05) is 23.4 Å². The highest BCUT2D eigenvalue weighted by Gasteiger charge is 2.12. The van der Waals surface area contributed by atoms with Crippen LogP contribution in [0.1, 0.15) is 5.89 Å². The lowest BCUT2D eigenvalue weighted by atomic mass is 10.2. The molecule has 126 valence electrons. The molecule has 4 aromatic rings. The first kappa shape index (κ1) is 16.4. The molecular weight excluding hydrogens is 378 g/mol. The number of halogens is 1. The van der Waals surface area contributed by atoms with Crippen LogP contribution >= 0.6 is 34.7 Å². The molecule has 0 atom stereocenters. The third-order valence-electron chi connectivity index (χ3n) is 3.67. The van der Waals surface area contributed by atoms with Crippen molar-refractivity contribution in [1.29, 1.82) is 0 Å². The van der Waals surface area contributed by atoms with Gasteiger partial charge in [-0.25, -0.2) is 9.97 Å². The van der Waals surface area contributed by atoms with Crippen molar-refractivity contribution in [3.05, 3.63) is 63.2 Å². The minimum atomic E-state index is -0.0389. The van der Waals surface area contributed by atoms with Crippen molar-refractivity contribution in [2.75, 3.05) is 0 Å². The van der Waals surface area contributed by atoms with Gasteiger partial charge in [-0.2, -0.15) is 0 Å². The number of hydrogen-bond donors (Lipinski definition) is 0. The Balaban J connectivity index is 1.55. The molecule has 0 unspecified atom stereocenters. The Bertz CT molecular complexity index is 1100. The highest BCUT2D eigenvalue weighted by atomic mass is 35.5. The maximum absolute atomic E-state index is 12.3. The minimum absolute atomic E-state index is 0.0389. The number of nitrogens with zero attached hydrogens (tertiary/aromatic N) is 3. The lowest BCUT2D eigenvalue weighted by Gasteiger charge is -2.05. The van der Waals surface area contributed by atoms with Crippen LogP contribution in [0.4, 0.5) is 0 Å². The zero-order chi connectivity index (χ0) is 17.4. The number of hydrogen-bond acceptors (Lipinski definition) is 6. The summed E-state index contributed by atoms with van der Waals surface area (Å²) >= 11 is 8.78. The average molecular weight is 390 g/mol. The van der Waals surface area contributed by atoms with E-state index in [1.165, 1.54) is 23.1 Å². The lowest BCUT2D eigenvalue weighted by Crippen LogP contribution is -2.19. The second-order valence-electron chi connectivity index (χ2n) is 5.31. The van der Waals surface area contributed by atoms with E-state index in [0.29, 0.717) is 33.0 Å². The van der Waals surface area contributed by atoms with Gasteiger partial charge in [0.2, 0.25) is 5.89 Å². The topological polar surface area (TPSA) is 60.9 Å². The second kappa shape index (κ2) is 6.67. The molecule has 0 bridgehead atoms. The van der Waals surface area contributed by atoms with Gasteiger partial charge in [-0.05, 0) is 35.7 Å². The molecule has 0 aliphatic heterocycles. The molecule has 0 fully saturated rings. The van der Waals surface area contributed by atoms with Gasteiger partial charge in [0.15, 0.2) is 10.9 Å². The molecular formula is C17H12ClN3O2S2. The smallest absolute Gasteiger partial charge is 0.262 e. The molecule has 3 aromatic heterocycles. The van der Waals surface area contributed by atoms with Crippen LogP contribution in [-0.2, 0) is 12.8 Å². The molecule has 4 rings (SSSR count). The first-order valence-corrected chi connectivity index (χ1v) is 9.64. The molecule has 0 amide bonds. The van der Waals surface area contributed by atoms with E-state index in [4.69, 9.17) is 16.0 Å². The molecule has 3 heterocycles. The molecule has 0 saturated carbocycles. The molecule has 0 saturated heterocycles. The van der Waals surface area contributed by atoms with E-state index in [-0.39, 0.29) is 5.56 Å². The molecule has 5 nitrogen and oxygen atoms in total. The summed E-state index contributed by atoms with van der Waals surface area (Å²) in [4.78, 5) is 21.9. The standard InChI is InChI=1S/C17H12ClN3O2S2/c1-21-16(22)12-6-7-24-15(12)20-17(21)25-9-14-19-8-13(23-14)10-2-4-11(18)5-3-10/h2-8H,9H2,1H3. The van der Waals surface area contributed by atoms with Crippen molar-refractivity contribution in [2.24, 2.45) is 7.05 Å². The fourth-order valence-electron chi connectivity index (χ4n) is 2.36. The predicted molar refractivity (Wildman–Crippen MR) is 101 cm³/mol. The Morgan fingerprint density at radius 1 is 1.28 bits per heavy atom. The summed E-state index contributed by atoms with van der Waals surface area (Å²) in [5, 5.41) is 3.85. The van der Waals surface area contributed by atoms with E-state index in [2.05, 4.69) is 9.97 Å². The molecule has 1 aromatic carbocycles. The Hall–Kier alpha value is -2.09. The van der Waals surface area contributed by atoms with Crippen LogP contribution in [0.25, 0.3) is 21.5 Å². The summed E-state index contributed by atoms with van der Waals surface area (Å²) in [6.07, 6.45) is 1.69. The number of thioether (sulfide) groups is 1. The normalized spacial score (nSPS) is 11.3. The fraction of sp³-hybridized carbons (Fsp3) is 0.118. The van der Waals surface area contributed by atoms with Crippen molar-refractivity contribution >= 4 is 44.9 Å². The number of thiophene rings is 1. The second-order valence-corrected chi connectivity index (χ2v) is 7.59. The highest BCUT2D eigenvalue weighted by molar-refractivity contribution is 7.98. The highest BCUT2D eigenvalue weighted by Crippen LogP contribution is 2.26. The Kier molecular flexibility index (Phi) is 4.37. The monoisotopic (exact) mass is 389 g/mol. The first-order valence-electron chi connectivity index (χ1n) is 7.39. The largest absolute Gasteiger partial charge is 0.440 e. The molecule has 0 aliphatic carbocycles. The van der Waals surface area contributed by atoms with E-state index in [0.717, 1.165) is 10.4 Å². The number of rotatable bonds is 4. The van der Waals surface area contributed by atoms with Gasteiger partial charge in [-0.3, -0.25) is 9.36 Å². The van der Waals surface area contributed by atoms with Gasteiger partial charge in [0.1, 0.15) is 4.83 Å². The minimum Gasteiger partial charge on any atom is -0.440 e. The molecule has 0 radical (unpaired) electrons. The number of aromatic nitrogens is 3. The van der Waals surface area contributed by atoms with Crippen LogP contribution in [0, 0.1) is 0 Å². The molecule has 0 spiro atoms. The van der Waals surface area contributed by atoms with Gasteiger partial charge in [0, 0.05) is 17.6 Å². The van der Waals surface area contributed by atoms with Gasteiger partial charge in [0.05, 0.1) is 17.3 Å². The first-order chi connectivity index (χ1) is 12.1. The Labute approximate surface area is 156 Å². The Morgan fingerprint density at radius 3 is 2.88 bits per heavy atom. The molecule has 25 heavy (non-hydrogen) atoms. The van der Waals surface area contributed by atoms with Crippen molar-refractivity contribution in [1.82, 2.24) is 14.5 Å². The summed E-state index contributed by atoms with van der Waals surface area (Å²) < 4.78 is 7.34. The molecule has 0 aliphatic rings. The van der Waals surface area contributed by atoms with Crippen LogP contribution in [-0.4, -0.2) is 14.5 Å². The summed E-state index contributed by atoms with van der Waals surface area (Å²) in [5.74, 6) is 1.75. The third-order valence-corrected chi connectivity index (χ3v) is 5.74. The van der Waals surface area contributed by atoms with Crippen LogP contribution in [0.3, 0.4) is 0 Å². The van der Waals surface area contributed by atoms with E-state index in [9.17, 15) is 4.79 Å².